The molecule has 2 amide bonds. The molecule has 8 heteroatoms. The highest BCUT2D eigenvalue weighted by Crippen LogP contribution is 2.33. The fraction of sp³-hybridized carbons (Fsp3) is 0.381. The fourth-order valence-corrected chi connectivity index (χ4v) is 6.98. The van der Waals surface area contributed by atoms with Gasteiger partial charge in [-0.15, -0.1) is 0 Å². The van der Waals surface area contributed by atoms with E-state index < -0.39 is 0 Å². The average Bonchev–Trinajstić information content (AvgIpc) is 3.13. The van der Waals surface area contributed by atoms with Gasteiger partial charge in [0.25, 0.3) is 11.8 Å². The zero-order chi connectivity index (χ0) is 35.6. The van der Waals surface area contributed by atoms with E-state index in [0.717, 1.165) is 37.1 Å². The second-order valence-corrected chi connectivity index (χ2v) is 13.7. The first-order valence-corrected chi connectivity index (χ1v) is 19.0. The van der Waals surface area contributed by atoms with E-state index in [1.807, 2.05) is 50.2 Å². The Morgan fingerprint density at radius 2 is 0.920 bits per heavy atom. The van der Waals surface area contributed by atoms with Crippen LogP contribution in [0.5, 0.6) is 0 Å². The van der Waals surface area contributed by atoms with Gasteiger partial charge >= 0.3 is 0 Å². The van der Waals surface area contributed by atoms with Crippen LogP contribution in [0.3, 0.4) is 0 Å². The van der Waals surface area contributed by atoms with E-state index in [9.17, 15) is 9.59 Å². The predicted molar refractivity (Wildman–Crippen MR) is 210 cm³/mol. The standard InChI is InChI=1S/C42H48Cl2N4O2/c1-5-9-11-13-15-29-17-21-31(22-18-29)47(7-3)41(49)37-27-35(43)33-25-26-34-36(44)28-38(46-40(34)39(33)45-37)42(50)48(8-4)32-23-19-30(20-24-32)16-14-12-10-6-2/h17-28H,5-16H2,1-4H3. The molecule has 2 heterocycles. The highest BCUT2D eigenvalue weighted by atomic mass is 35.5. The minimum absolute atomic E-state index is 0.195. The smallest absolute Gasteiger partial charge is 0.276 e. The van der Waals surface area contributed by atoms with Gasteiger partial charge in [-0.1, -0.05) is 112 Å². The van der Waals surface area contributed by atoms with Gasteiger partial charge in [0, 0.05) is 35.2 Å². The number of hydrogen-bond donors (Lipinski definition) is 0. The maximum Gasteiger partial charge on any atom is 0.276 e. The molecule has 0 radical (unpaired) electrons. The monoisotopic (exact) mass is 710 g/mol. The Hall–Kier alpha value is -4.00. The molecule has 0 unspecified atom stereocenters. The van der Waals surface area contributed by atoms with Crippen LogP contribution < -0.4 is 9.80 Å². The normalized spacial score (nSPS) is 11.3. The van der Waals surface area contributed by atoms with E-state index in [0.29, 0.717) is 44.9 Å². The van der Waals surface area contributed by atoms with Crippen molar-refractivity contribution >= 4 is 68.2 Å². The van der Waals surface area contributed by atoms with Gasteiger partial charge < -0.3 is 9.80 Å². The summed E-state index contributed by atoms with van der Waals surface area (Å²) in [5, 5.41) is 2.00. The number of aromatic nitrogens is 2. The van der Waals surface area contributed by atoms with Crippen LogP contribution in [-0.4, -0.2) is 34.9 Å². The predicted octanol–water partition coefficient (Wildman–Crippen LogP) is 11.7. The van der Waals surface area contributed by atoms with Crippen molar-refractivity contribution in [3.05, 3.63) is 105 Å². The Labute approximate surface area is 306 Å². The molecule has 0 atom stereocenters. The van der Waals surface area contributed by atoms with E-state index in [2.05, 4.69) is 38.1 Å². The van der Waals surface area contributed by atoms with Crippen LogP contribution in [0.2, 0.25) is 10.0 Å². The third-order valence-corrected chi connectivity index (χ3v) is 9.98. The topological polar surface area (TPSA) is 66.4 Å². The number of benzene rings is 3. The van der Waals surface area contributed by atoms with Crippen molar-refractivity contribution in [1.29, 1.82) is 0 Å². The van der Waals surface area contributed by atoms with Crippen molar-refractivity contribution in [3.63, 3.8) is 0 Å². The molecule has 262 valence electrons. The van der Waals surface area contributed by atoms with Crippen LogP contribution in [0.1, 0.15) is 111 Å². The highest BCUT2D eigenvalue weighted by molar-refractivity contribution is 6.39. The summed E-state index contributed by atoms with van der Waals surface area (Å²) in [7, 11) is 0. The molecule has 0 saturated heterocycles. The third kappa shape index (κ3) is 8.65. The summed E-state index contributed by atoms with van der Waals surface area (Å²) in [6, 6.07) is 23.2. The Balaban J connectivity index is 1.45. The number of nitrogens with zero attached hydrogens (tertiary/aromatic N) is 4. The van der Waals surface area contributed by atoms with Crippen molar-refractivity contribution in [1.82, 2.24) is 9.97 Å². The molecule has 0 aliphatic carbocycles. The summed E-state index contributed by atoms with van der Waals surface area (Å²) in [4.78, 5) is 41.0. The number of carbonyl (C=O) groups excluding carboxylic acids is 2. The zero-order valence-electron chi connectivity index (χ0n) is 29.8. The first-order valence-electron chi connectivity index (χ1n) is 18.2. The summed E-state index contributed by atoms with van der Waals surface area (Å²) in [5.74, 6) is -0.540. The third-order valence-electron chi connectivity index (χ3n) is 9.35. The molecule has 3 aromatic carbocycles. The van der Waals surface area contributed by atoms with Crippen LogP contribution in [0.25, 0.3) is 21.8 Å². The van der Waals surface area contributed by atoms with Crippen LogP contribution in [0.15, 0.2) is 72.8 Å². The van der Waals surface area contributed by atoms with Crippen LogP contribution in [-0.2, 0) is 12.8 Å². The van der Waals surface area contributed by atoms with E-state index in [1.165, 1.54) is 49.7 Å². The number of unbranched alkanes of at least 4 members (excludes halogenated alkanes) is 6. The highest BCUT2D eigenvalue weighted by Gasteiger charge is 2.23. The number of aryl methyl sites for hydroxylation is 2. The van der Waals surface area contributed by atoms with Gasteiger partial charge in [0.05, 0.1) is 21.1 Å². The molecule has 0 spiro atoms. The maximum absolute atomic E-state index is 14.0. The minimum Gasteiger partial charge on any atom is -0.307 e. The molecule has 5 aromatic rings. The lowest BCUT2D eigenvalue weighted by Crippen LogP contribution is -2.31. The van der Waals surface area contributed by atoms with Gasteiger partial charge in [-0.05, 0) is 87.1 Å². The molecule has 0 fully saturated rings. The van der Waals surface area contributed by atoms with Crippen molar-refractivity contribution in [2.75, 3.05) is 22.9 Å². The molecule has 0 N–H and O–H groups in total. The Morgan fingerprint density at radius 3 is 1.26 bits per heavy atom. The summed E-state index contributed by atoms with van der Waals surface area (Å²) in [5.41, 5.74) is 5.34. The summed E-state index contributed by atoms with van der Waals surface area (Å²) >= 11 is 13.6. The molecular weight excluding hydrogens is 663 g/mol. The van der Waals surface area contributed by atoms with Gasteiger partial charge in [-0.2, -0.15) is 0 Å². The Morgan fingerprint density at radius 1 is 0.540 bits per heavy atom. The van der Waals surface area contributed by atoms with Crippen molar-refractivity contribution in [2.24, 2.45) is 0 Å². The van der Waals surface area contributed by atoms with Gasteiger partial charge in [0.2, 0.25) is 0 Å². The molecule has 0 aliphatic heterocycles. The molecule has 0 bridgehead atoms. The SMILES string of the molecule is CCCCCCc1ccc(N(CC)C(=O)c2cc(Cl)c3ccc4c(Cl)cc(C(=O)N(CC)c5ccc(CCCCCC)cc5)nc4c3n2)cc1. The fourth-order valence-electron chi connectivity index (χ4n) is 6.47. The lowest BCUT2D eigenvalue weighted by Gasteiger charge is -2.22. The maximum atomic E-state index is 14.0. The van der Waals surface area contributed by atoms with E-state index in [-0.39, 0.29) is 23.2 Å². The number of carbonyl (C=O) groups is 2. The summed E-state index contributed by atoms with van der Waals surface area (Å²) in [6.45, 7) is 9.22. The molecule has 2 aromatic heterocycles. The van der Waals surface area contributed by atoms with Crippen LogP contribution >= 0.6 is 23.2 Å². The number of halogens is 2. The zero-order valence-corrected chi connectivity index (χ0v) is 31.3. The van der Waals surface area contributed by atoms with Gasteiger partial charge in [-0.3, -0.25) is 9.59 Å². The van der Waals surface area contributed by atoms with E-state index in [1.54, 1.807) is 21.9 Å². The van der Waals surface area contributed by atoms with Crippen LogP contribution in [0, 0.1) is 0 Å². The van der Waals surface area contributed by atoms with E-state index in [4.69, 9.17) is 33.2 Å². The molecular formula is C42H48Cl2N4O2. The van der Waals surface area contributed by atoms with E-state index >= 15 is 0 Å². The van der Waals surface area contributed by atoms with Crippen molar-refractivity contribution in [2.45, 2.75) is 91.9 Å². The second kappa shape index (κ2) is 17.8. The molecule has 5 rings (SSSR count). The number of hydrogen-bond acceptors (Lipinski definition) is 4. The largest absolute Gasteiger partial charge is 0.307 e. The minimum atomic E-state index is -0.270. The van der Waals surface area contributed by atoms with Crippen molar-refractivity contribution in [3.8, 4) is 0 Å². The summed E-state index contributed by atoms with van der Waals surface area (Å²) in [6.07, 6.45) is 11.7. The Kier molecular flexibility index (Phi) is 13.2. The number of anilines is 2. The lowest BCUT2D eigenvalue weighted by atomic mass is 10.1. The van der Waals surface area contributed by atoms with Crippen molar-refractivity contribution < 1.29 is 9.59 Å². The average molecular weight is 712 g/mol. The first kappa shape index (κ1) is 37.3. The number of rotatable bonds is 16. The van der Waals surface area contributed by atoms with Gasteiger partial charge in [0.1, 0.15) is 11.4 Å². The Bertz CT molecular complexity index is 1790. The molecule has 6 nitrogen and oxygen atoms in total. The number of fused-ring (bicyclic) bond motifs is 3. The molecule has 0 saturated carbocycles. The lowest BCUT2D eigenvalue weighted by molar-refractivity contribution is 0.0976. The number of pyridine rings is 2. The van der Waals surface area contributed by atoms with Crippen LogP contribution in [0.4, 0.5) is 11.4 Å². The second-order valence-electron chi connectivity index (χ2n) is 12.9. The van der Waals surface area contributed by atoms with Gasteiger partial charge in [-0.25, -0.2) is 9.97 Å². The molecule has 0 aliphatic rings. The number of amides is 2. The van der Waals surface area contributed by atoms with Gasteiger partial charge in [0.15, 0.2) is 0 Å². The first-order chi connectivity index (χ1) is 24.3. The summed E-state index contributed by atoms with van der Waals surface area (Å²) < 4.78 is 0. The molecule has 50 heavy (non-hydrogen) atoms. The quantitative estimate of drug-likeness (QED) is 0.0755.